The Balaban J connectivity index is 4.39. The van der Waals surface area contributed by atoms with Crippen molar-refractivity contribution in [2.45, 2.75) is 187 Å². The molecule has 0 spiro atoms. The number of carboxylic acid groups (broad SMARTS) is 1. The van der Waals surface area contributed by atoms with E-state index in [2.05, 4.69) is 74.6 Å². The molecule has 0 aromatic rings. The van der Waals surface area contributed by atoms with Gasteiger partial charge < -0.3 is 28.6 Å². The molecule has 0 bridgehead atoms. The van der Waals surface area contributed by atoms with Gasteiger partial charge in [-0.05, 0) is 57.8 Å². The van der Waals surface area contributed by atoms with E-state index in [0.29, 0.717) is 12.8 Å². The fraction of sp³-hybridized carbons (Fsp3) is 0.729. The van der Waals surface area contributed by atoms with E-state index in [1.165, 1.54) is 64.2 Å². The van der Waals surface area contributed by atoms with E-state index in [9.17, 15) is 19.5 Å². The maximum absolute atomic E-state index is 12.7. The lowest BCUT2D eigenvalue weighted by atomic mass is 10.0. The molecular weight excluding hydrogens is 703 g/mol. The summed E-state index contributed by atoms with van der Waals surface area (Å²) in [6, 6.07) is -0.731. The highest BCUT2D eigenvalue weighted by Crippen LogP contribution is 2.14. The zero-order valence-corrected chi connectivity index (χ0v) is 36.5. The van der Waals surface area contributed by atoms with Crippen LogP contribution in [0.2, 0.25) is 0 Å². The van der Waals surface area contributed by atoms with Crippen molar-refractivity contribution in [1.82, 2.24) is 0 Å². The second-order valence-electron chi connectivity index (χ2n) is 15.9. The number of allylic oxidation sites excluding steroid dienone is 10. The molecule has 0 aliphatic rings. The van der Waals surface area contributed by atoms with Crippen molar-refractivity contribution in [3.63, 3.8) is 0 Å². The molecule has 2 unspecified atom stereocenters. The molecule has 56 heavy (non-hydrogen) atoms. The Bertz CT molecular complexity index is 1100. The minimum absolute atomic E-state index is 0.0295. The van der Waals surface area contributed by atoms with Crippen LogP contribution < -0.4 is 5.11 Å². The van der Waals surface area contributed by atoms with Crippen LogP contribution in [-0.4, -0.2) is 75.5 Å². The number of likely N-dealkylation sites (N-methyl/N-ethyl adjacent to an activating group) is 1. The normalized spacial score (nSPS) is 13.5. The molecule has 8 nitrogen and oxygen atoms in total. The molecule has 0 rings (SSSR count). The number of carbonyl (C=O) groups is 3. The number of hydrogen-bond acceptors (Lipinski definition) is 7. The Morgan fingerprint density at radius 2 is 1.00 bits per heavy atom. The summed E-state index contributed by atoms with van der Waals surface area (Å²) in [6.07, 6.45) is 46.7. The van der Waals surface area contributed by atoms with Gasteiger partial charge >= 0.3 is 11.9 Å². The number of hydrogen-bond donors (Lipinski definition) is 0. The molecule has 0 aliphatic heterocycles. The number of aliphatic carboxylic acids is 1. The molecular formula is C48H83NO7. The number of esters is 2. The number of nitrogens with zero attached hydrogens (tertiary/aromatic N) is 1. The maximum Gasteiger partial charge on any atom is 0.306 e. The van der Waals surface area contributed by atoms with Crippen LogP contribution in [0.3, 0.4) is 0 Å². The van der Waals surface area contributed by atoms with Gasteiger partial charge in [0.25, 0.3) is 0 Å². The smallest absolute Gasteiger partial charge is 0.306 e. The van der Waals surface area contributed by atoms with Gasteiger partial charge in [-0.3, -0.25) is 9.59 Å². The predicted molar refractivity (Wildman–Crippen MR) is 231 cm³/mol. The lowest BCUT2D eigenvalue weighted by molar-refractivity contribution is -0.889. The quantitative estimate of drug-likeness (QED) is 0.0265. The van der Waals surface area contributed by atoms with Crippen molar-refractivity contribution < 1.29 is 38.2 Å². The summed E-state index contributed by atoms with van der Waals surface area (Å²) in [5.74, 6) is -1.78. The third-order valence-electron chi connectivity index (χ3n) is 9.67. The lowest BCUT2D eigenvalue weighted by Crippen LogP contribution is -2.55. The van der Waals surface area contributed by atoms with Gasteiger partial charge in [-0.15, -0.1) is 0 Å². The van der Waals surface area contributed by atoms with E-state index < -0.39 is 18.1 Å². The van der Waals surface area contributed by atoms with Crippen molar-refractivity contribution >= 4 is 17.9 Å². The highest BCUT2D eigenvalue weighted by molar-refractivity contribution is 5.70. The average Bonchev–Trinajstić information content (AvgIpc) is 3.15. The lowest BCUT2D eigenvalue weighted by Gasteiger charge is -2.34. The Morgan fingerprint density at radius 3 is 1.48 bits per heavy atom. The molecule has 0 aromatic heterocycles. The zero-order valence-electron chi connectivity index (χ0n) is 36.5. The molecule has 0 aromatic carbocycles. The molecule has 0 saturated carbocycles. The first kappa shape index (κ1) is 53.0. The molecule has 0 heterocycles. The van der Waals surface area contributed by atoms with Crippen LogP contribution in [-0.2, 0) is 28.6 Å². The van der Waals surface area contributed by atoms with Gasteiger partial charge in [0, 0.05) is 19.3 Å². The SMILES string of the molecule is CC/C=C/C/C=C/C/C=C/C/C=C/C/C=C/CCCCCC(=O)OCC(COCCC(C(=O)[O-])[N+](C)(C)C)OC(=O)CCCCCCCCCCCCCCC. The van der Waals surface area contributed by atoms with Gasteiger partial charge in [0.2, 0.25) is 0 Å². The first-order valence-electron chi connectivity index (χ1n) is 22.3. The number of ether oxygens (including phenoxy) is 3. The minimum Gasteiger partial charge on any atom is -0.544 e. The van der Waals surface area contributed by atoms with Gasteiger partial charge in [-0.2, -0.15) is 0 Å². The molecule has 8 heteroatoms. The van der Waals surface area contributed by atoms with Gasteiger partial charge in [0.05, 0.1) is 40.3 Å². The highest BCUT2D eigenvalue weighted by atomic mass is 16.6. The summed E-state index contributed by atoms with van der Waals surface area (Å²) in [5, 5.41) is 11.6. The third-order valence-corrected chi connectivity index (χ3v) is 9.67. The van der Waals surface area contributed by atoms with Crippen LogP contribution in [0.4, 0.5) is 0 Å². The molecule has 0 fully saturated rings. The van der Waals surface area contributed by atoms with Crippen LogP contribution in [0.15, 0.2) is 60.8 Å². The topological polar surface area (TPSA) is 102 Å². The molecule has 2 atom stereocenters. The highest BCUT2D eigenvalue weighted by Gasteiger charge is 2.25. The minimum atomic E-state index is -1.13. The van der Waals surface area contributed by atoms with Crippen molar-refractivity contribution in [2.24, 2.45) is 0 Å². The van der Waals surface area contributed by atoms with E-state index in [0.717, 1.165) is 77.0 Å². The van der Waals surface area contributed by atoms with Crippen LogP contribution in [0, 0.1) is 0 Å². The van der Waals surface area contributed by atoms with Gasteiger partial charge in [0.1, 0.15) is 12.6 Å². The van der Waals surface area contributed by atoms with E-state index in [1.54, 1.807) is 21.1 Å². The van der Waals surface area contributed by atoms with Crippen LogP contribution in [0.5, 0.6) is 0 Å². The molecule has 0 radical (unpaired) electrons. The Morgan fingerprint density at radius 1 is 0.554 bits per heavy atom. The largest absolute Gasteiger partial charge is 0.544 e. The van der Waals surface area contributed by atoms with E-state index >= 15 is 0 Å². The van der Waals surface area contributed by atoms with Gasteiger partial charge in [-0.25, -0.2) is 0 Å². The first-order valence-corrected chi connectivity index (χ1v) is 22.3. The molecule has 0 N–H and O–H groups in total. The third kappa shape index (κ3) is 36.7. The molecule has 0 aliphatic carbocycles. The molecule has 0 saturated heterocycles. The van der Waals surface area contributed by atoms with E-state index in [1.807, 2.05) is 0 Å². The van der Waals surface area contributed by atoms with E-state index in [-0.39, 0.29) is 42.7 Å². The summed E-state index contributed by atoms with van der Waals surface area (Å²) < 4.78 is 17.1. The second kappa shape index (κ2) is 38.9. The monoisotopic (exact) mass is 786 g/mol. The van der Waals surface area contributed by atoms with Crippen molar-refractivity contribution in [3.05, 3.63) is 60.8 Å². The predicted octanol–water partition coefficient (Wildman–Crippen LogP) is 10.9. The number of rotatable bonds is 39. The summed E-state index contributed by atoms with van der Waals surface area (Å²) in [4.78, 5) is 36.8. The van der Waals surface area contributed by atoms with E-state index in [4.69, 9.17) is 14.2 Å². The Kier molecular flexibility index (Phi) is 36.8. The fourth-order valence-corrected chi connectivity index (χ4v) is 6.21. The van der Waals surface area contributed by atoms with Gasteiger partial charge in [-0.1, -0.05) is 158 Å². The van der Waals surface area contributed by atoms with Crippen molar-refractivity contribution in [2.75, 3.05) is 41.0 Å². The van der Waals surface area contributed by atoms with Gasteiger partial charge in [0.15, 0.2) is 6.10 Å². The Hall–Kier alpha value is -2.97. The standard InChI is InChI=1S/C48H83NO7/c1-6-8-10-12-14-16-18-20-21-22-23-24-25-27-28-30-32-34-36-38-46(50)55-43-44(42-54-41-40-45(48(52)53)49(3,4)5)56-47(51)39-37-35-33-31-29-26-19-17-15-13-11-9-7-2/h8,10,14,16,20-21,23-24,27-28,44-45H,6-7,9,11-13,15,17-19,22,25-26,29-43H2,1-5H3/b10-8+,16-14+,21-20+,24-23+,28-27+. The summed E-state index contributed by atoms with van der Waals surface area (Å²) in [6.45, 7) is 4.51. The Labute approximate surface area is 343 Å². The van der Waals surface area contributed by atoms with Crippen molar-refractivity contribution in [3.8, 4) is 0 Å². The molecule has 322 valence electrons. The number of carboxylic acids is 1. The molecule has 0 amide bonds. The van der Waals surface area contributed by atoms with Crippen molar-refractivity contribution in [1.29, 1.82) is 0 Å². The number of carbonyl (C=O) groups excluding carboxylic acids is 3. The number of unbranched alkanes of at least 4 members (excludes halogenated alkanes) is 15. The zero-order chi connectivity index (χ0) is 41.4. The summed E-state index contributed by atoms with van der Waals surface area (Å²) in [7, 11) is 5.39. The maximum atomic E-state index is 12.7. The van der Waals surface area contributed by atoms with Crippen LogP contribution in [0.1, 0.15) is 174 Å². The first-order chi connectivity index (χ1) is 27.1. The average molecular weight is 786 g/mol. The fourth-order valence-electron chi connectivity index (χ4n) is 6.21. The summed E-state index contributed by atoms with van der Waals surface area (Å²) in [5.41, 5.74) is 0. The van der Waals surface area contributed by atoms with Crippen LogP contribution in [0.25, 0.3) is 0 Å². The van der Waals surface area contributed by atoms with Crippen LogP contribution >= 0.6 is 0 Å². The number of quaternary nitrogens is 1. The second-order valence-corrected chi connectivity index (χ2v) is 15.9. The summed E-state index contributed by atoms with van der Waals surface area (Å²) >= 11 is 0.